The van der Waals surface area contributed by atoms with Crippen LogP contribution < -0.4 is 21.3 Å². The number of hydrogen-bond donors (Lipinski definition) is 4. The number of rotatable bonds is 9. The second kappa shape index (κ2) is 13.1. The molecule has 0 unspecified atom stereocenters. The van der Waals surface area contributed by atoms with Gasteiger partial charge in [0.25, 0.3) is 0 Å². The Labute approximate surface area is 228 Å². The van der Waals surface area contributed by atoms with E-state index in [4.69, 9.17) is 0 Å². The molecule has 8 heteroatoms. The third-order valence-electron chi connectivity index (χ3n) is 8.65. The van der Waals surface area contributed by atoms with Gasteiger partial charge in [-0.05, 0) is 69.5 Å². The van der Waals surface area contributed by atoms with Crippen LogP contribution in [0, 0.1) is 5.92 Å². The normalized spacial score (nSPS) is 25.5. The van der Waals surface area contributed by atoms with Gasteiger partial charge in [-0.15, -0.1) is 0 Å². The highest BCUT2D eigenvalue weighted by molar-refractivity contribution is 5.94. The van der Waals surface area contributed by atoms with Crippen LogP contribution in [-0.4, -0.2) is 66.4 Å². The van der Waals surface area contributed by atoms with Gasteiger partial charge in [-0.1, -0.05) is 57.4 Å². The molecule has 1 heterocycles. The number of nitrogens with zero attached hydrogens (tertiary/aromatic N) is 1. The zero-order chi connectivity index (χ0) is 27.2. The summed E-state index contributed by atoms with van der Waals surface area (Å²) in [5.41, 5.74) is 2.48. The standard InChI is InChI=1S/C30H47N5O3/c1-19(2)32-23-17-26(29(37)33-25-16-10-14-21-11-8-9-15-24(21)25)35(18-23)30(38)27(22-12-6-5-7-13-22)34-28(36)20(3)31-4/h8-9,11,15,19-20,22-23,25-27,31-32H,5-7,10,12-14,16-18H2,1-4H3,(H,33,37)(H,34,36)/t20-,23-,25-,26-,27-/m0/s1. The van der Waals surface area contributed by atoms with Crippen molar-refractivity contribution in [2.24, 2.45) is 5.92 Å². The van der Waals surface area contributed by atoms with E-state index in [1.807, 2.05) is 6.07 Å². The van der Waals surface area contributed by atoms with E-state index in [1.165, 1.54) is 11.1 Å². The number of carbonyl (C=O) groups excluding carboxylic acids is 3. The van der Waals surface area contributed by atoms with Crippen molar-refractivity contribution in [1.29, 1.82) is 0 Å². The van der Waals surface area contributed by atoms with Crippen molar-refractivity contribution in [3.8, 4) is 0 Å². The lowest BCUT2D eigenvalue weighted by Crippen LogP contribution is -2.58. The maximum atomic E-state index is 14.2. The summed E-state index contributed by atoms with van der Waals surface area (Å²) in [6, 6.07) is 7.02. The minimum absolute atomic E-state index is 0.0345. The van der Waals surface area contributed by atoms with Crippen LogP contribution in [0.15, 0.2) is 24.3 Å². The number of benzene rings is 1. The van der Waals surface area contributed by atoms with Crippen LogP contribution in [0.5, 0.6) is 0 Å². The van der Waals surface area contributed by atoms with Gasteiger partial charge in [0, 0.05) is 18.6 Å². The molecule has 0 radical (unpaired) electrons. The molecule has 4 rings (SSSR count). The van der Waals surface area contributed by atoms with Crippen LogP contribution in [0.25, 0.3) is 0 Å². The van der Waals surface area contributed by atoms with E-state index in [9.17, 15) is 14.4 Å². The largest absolute Gasteiger partial charge is 0.347 e. The van der Waals surface area contributed by atoms with Crippen molar-refractivity contribution in [2.75, 3.05) is 13.6 Å². The highest BCUT2D eigenvalue weighted by atomic mass is 16.2. The molecule has 3 aliphatic rings. The summed E-state index contributed by atoms with van der Waals surface area (Å²) in [5, 5.41) is 12.9. The Kier molecular flexibility index (Phi) is 9.82. The minimum Gasteiger partial charge on any atom is -0.347 e. The number of likely N-dealkylation sites (N-methyl/N-ethyl adjacent to an activating group) is 1. The lowest BCUT2D eigenvalue weighted by molar-refractivity contribution is -0.143. The Balaban J connectivity index is 1.56. The fourth-order valence-electron chi connectivity index (χ4n) is 6.53. The Morgan fingerprint density at radius 2 is 1.71 bits per heavy atom. The Hall–Kier alpha value is -2.45. The molecule has 2 fully saturated rings. The van der Waals surface area contributed by atoms with Gasteiger partial charge < -0.3 is 26.2 Å². The van der Waals surface area contributed by atoms with E-state index < -0.39 is 18.1 Å². The predicted octanol–water partition coefficient (Wildman–Crippen LogP) is 2.82. The molecule has 1 saturated carbocycles. The van der Waals surface area contributed by atoms with E-state index in [0.717, 1.165) is 51.4 Å². The van der Waals surface area contributed by atoms with Crippen LogP contribution in [0.1, 0.15) is 89.3 Å². The van der Waals surface area contributed by atoms with E-state index in [1.54, 1.807) is 18.9 Å². The topological polar surface area (TPSA) is 103 Å². The van der Waals surface area contributed by atoms with Gasteiger partial charge in [0.2, 0.25) is 17.7 Å². The molecule has 1 aromatic rings. The number of hydrogen-bond acceptors (Lipinski definition) is 5. The molecular weight excluding hydrogens is 478 g/mol. The third kappa shape index (κ3) is 6.75. The van der Waals surface area contributed by atoms with Crippen molar-refractivity contribution in [1.82, 2.24) is 26.2 Å². The molecule has 0 aromatic heterocycles. The first-order chi connectivity index (χ1) is 18.3. The van der Waals surface area contributed by atoms with E-state index in [0.29, 0.717) is 13.0 Å². The van der Waals surface area contributed by atoms with E-state index in [-0.39, 0.29) is 41.8 Å². The molecule has 8 nitrogen and oxygen atoms in total. The Morgan fingerprint density at radius 1 is 0.974 bits per heavy atom. The summed E-state index contributed by atoms with van der Waals surface area (Å²) in [6.07, 6.45) is 8.67. The van der Waals surface area contributed by atoms with Gasteiger partial charge in [0.05, 0.1) is 12.1 Å². The molecule has 3 amide bonds. The SMILES string of the molecule is CN[C@@H](C)C(=O)N[C@H](C(=O)N1C[C@@H](NC(C)C)C[C@H]1C(=O)N[C@H]1CCCc2ccccc21)C1CCCCC1. The summed E-state index contributed by atoms with van der Waals surface area (Å²) in [7, 11) is 1.74. The molecule has 210 valence electrons. The van der Waals surface area contributed by atoms with Crippen LogP contribution in [0.4, 0.5) is 0 Å². The monoisotopic (exact) mass is 525 g/mol. The number of fused-ring (bicyclic) bond motifs is 1. The second-order valence-electron chi connectivity index (χ2n) is 11.8. The first-order valence-corrected chi connectivity index (χ1v) is 14.7. The second-order valence-corrected chi connectivity index (χ2v) is 11.8. The lowest BCUT2D eigenvalue weighted by atomic mass is 9.83. The van der Waals surface area contributed by atoms with Crippen molar-refractivity contribution in [3.05, 3.63) is 35.4 Å². The molecular formula is C30H47N5O3. The lowest BCUT2D eigenvalue weighted by Gasteiger charge is -2.35. The zero-order valence-corrected chi connectivity index (χ0v) is 23.6. The molecule has 0 spiro atoms. The zero-order valence-electron chi connectivity index (χ0n) is 23.6. The van der Waals surface area contributed by atoms with Gasteiger partial charge in [0.15, 0.2) is 0 Å². The van der Waals surface area contributed by atoms with Crippen molar-refractivity contribution < 1.29 is 14.4 Å². The highest BCUT2D eigenvalue weighted by Gasteiger charge is 2.44. The number of nitrogens with one attached hydrogen (secondary N) is 4. The summed E-state index contributed by atoms with van der Waals surface area (Å²) in [6.45, 7) is 6.44. The molecule has 1 aromatic carbocycles. The summed E-state index contributed by atoms with van der Waals surface area (Å²) < 4.78 is 0. The predicted molar refractivity (Wildman–Crippen MR) is 149 cm³/mol. The smallest absolute Gasteiger partial charge is 0.246 e. The fraction of sp³-hybridized carbons (Fsp3) is 0.700. The summed E-state index contributed by atoms with van der Waals surface area (Å²) >= 11 is 0. The van der Waals surface area contributed by atoms with E-state index >= 15 is 0 Å². The fourth-order valence-corrected chi connectivity index (χ4v) is 6.53. The quantitative estimate of drug-likeness (QED) is 0.397. The Bertz CT molecular complexity index is 976. The van der Waals surface area contributed by atoms with Gasteiger partial charge >= 0.3 is 0 Å². The molecule has 5 atom stereocenters. The minimum atomic E-state index is -0.609. The molecule has 1 saturated heterocycles. The third-order valence-corrected chi connectivity index (χ3v) is 8.65. The first-order valence-electron chi connectivity index (χ1n) is 14.7. The average Bonchev–Trinajstić information content (AvgIpc) is 3.34. The summed E-state index contributed by atoms with van der Waals surface area (Å²) in [5.74, 6) is -0.293. The van der Waals surface area contributed by atoms with Crippen LogP contribution >= 0.6 is 0 Å². The van der Waals surface area contributed by atoms with Crippen molar-refractivity contribution in [3.63, 3.8) is 0 Å². The molecule has 38 heavy (non-hydrogen) atoms. The molecule has 2 aliphatic carbocycles. The Morgan fingerprint density at radius 3 is 2.42 bits per heavy atom. The summed E-state index contributed by atoms with van der Waals surface area (Å²) in [4.78, 5) is 42.7. The van der Waals surface area contributed by atoms with E-state index in [2.05, 4.69) is 53.3 Å². The van der Waals surface area contributed by atoms with Crippen LogP contribution in [0.2, 0.25) is 0 Å². The maximum absolute atomic E-state index is 14.2. The van der Waals surface area contributed by atoms with Crippen molar-refractivity contribution in [2.45, 2.75) is 115 Å². The van der Waals surface area contributed by atoms with Gasteiger partial charge in [-0.2, -0.15) is 0 Å². The van der Waals surface area contributed by atoms with Gasteiger partial charge in [0.1, 0.15) is 12.1 Å². The first kappa shape index (κ1) is 28.6. The number of carbonyl (C=O) groups is 3. The number of amides is 3. The maximum Gasteiger partial charge on any atom is 0.246 e. The van der Waals surface area contributed by atoms with Crippen molar-refractivity contribution >= 4 is 17.7 Å². The molecule has 1 aliphatic heterocycles. The highest BCUT2D eigenvalue weighted by Crippen LogP contribution is 2.32. The van der Waals surface area contributed by atoms with Gasteiger partial charge in [-0.25, -0.2) is 0 Å². The van der Waals surface area contributed by atoms with Gasteiger partial charge in [-0.3, -0.25) is 14.4 Å². The number of likely N-dealkylation sites (tertiary alicyclic amines) is 1. The molecule has 4 N–H and O–H groups in total. The van der Waals surface area contributed by atoms with Crippen LogP contribution in [0.3, 0.4) is 0 Å². The number of aryl methyl sites for hydroxylation is 1. The van der Waals surface area contributed by atoms with Crippen LogP contribution in [-0.2, 0) is 20.8 Å². The average molecular weight is 526 g/mol. The molecule has 0 bridgehead atoms.